The van der Waals surface area contributed by atoms with E-state index >= 15 is 0 Å². The predicted octanol–water partition coefficient (Wildman–Crippen LogP) is 1.41. The Bertz CT molecular complexity index is 335. The van der Waals surface area contributed by atoms with Crippen LogP contribution in [-0.2, 0) is 6.54 Å². The van der Waals surface area contributed by atoms with Crippen molar-refractivity contribution in [1.82, 2.24) is 15.1 Å². The number of hydrogen-bond donors (Lipinski definition) is 1. The van der Waals surface area contributed by atoms with Crippen LogP contribution in [0.25, 0.3) is 0 Å². The van der Waals surface area contributed by atoms with Crippen molar-refractivity contribution in [2.75, 3.05) is 13.1 Å². The van der Waals surface area contributed by atoms with Crippen LogP contribution in [0.4, 0.5) is 0 Å². The summed E-state index contributed by atoms with van der Waals surface area (Å²) < 4.78 is 1.49. The van der Waals surface area contributed by atoms with Crippen molar-refractivity contribution in [3.63, 3.8) is 0 Å². The number of nitrogens with one attached hydrogen (secondary N) is 1. The summed E-state index contributed by atoms with van der Waals surface area (Å²) in [7, 11) is 0. The molecule has 0 bridgehead atoms. The number of nitrogens with zero attached hydrogens (tertiary/aromatic N) is 2. The molecule has 0 aliphatic rings. The highest BCUT2D eigenvalue weighted by Gasteiger charge is 1.94. The molecule has 0 fully saturated rings. The second kappa shape index (κ2) is 8.05. The van der Waals surface area contributed by atoms with E-state index in [1.165, 1.54) is 36.4 Å². The van der Waals surface area contributed by atoms with Gasteiger partial charge in [-0.2, -0.15) is 5.10 Å². The van der Waals surface area contributed by atoms with E-state index in [4.69, 9.17) is 0 Å². The molecule has 0 aliphatic heterocycles. The van der Waals surface area contributed by atoms with Gasteiger partial charge < -0.3 is 5.32 Å². The molecule has 0 saturated heterocycles. The molecule has 0 atom stereocenters. The Labute approximate surface area is 96.7 Å². The third kappa shape index (κ3) is 5.07. The van der Waals surface area contributed by atoms with Gasteiger partial charge >= 0.3 is 0 Å². The molecule has 0 unspecified atom stereocenters. The molecule has 0 spiro atoms. The van der Waals surface area contributed by atoms with Gasteiger partial charge in [0.15, 0.2) is 0 Å². The average molecular weight is 223 g/mol. The number of unbranched alkanes of at least 4 members (excludes halogenated alkanes) is 3. The molecule has 0 saturated carbocycles. The van der Waals surface area contributed by atoms with Gasteiger partial charge in [-0.1, -0.05) is 26.2 Å². The molecule has 0 aliphatic carbocycles. The van der Waals surface area contributed by atoms with Crippen LogP contribution < -0.4 is 10.9 Å². The Balaban J connectivity index is 2.08. The van der Waals surface area contributed by atoms with Crippen LogP contribution in [0.3, 0.4) is 0 Å². The minimum Gasteiger partial charge on any atom is -0.315 e. The van der Waals surface area contributed by atoms with Gasteiger partial charge in [0.25, 0.3) is 5.56 Å². The van der Waals surface area contributed by atoms with Crippen molar-refractivity contribution < 1.29 is 0 Å². The van der Waals surface area contributed by atoms with Crippen molar-refractivity contribution in [2.24, 2.45) is 0 Å². The fourth-order valence-corrected chi connectivity index (χ4v) is 1.54. The fourth-order valence-electron chi connectivity index (χ4n) is 1.54. The highest BCUT2D eigenvalue weighted by atomic mass is 16.1. The van der Waals surface area contributed by atoms with E-state index in [9.17, 15) is 4.79 Å². The molecule has 1 aromatic heterocycles. The highest BCUT2D eigenvalue weighted by molar-refractivity contribution is 4.84. The van der Waals surface area contributed by atoms with Gasteiger partial charge in [0.2, 0.25) is 0 Å². The molecule has 90 valence electrons. The topological polar surface area (TPSA) is 46.9 Å². The SMILES string of the molecule is CCCCCCNCCn1ncccc1=O. The van der Waals surface area contributed by atoms with Crippen molar-refractivity contribution in [3.05, 3.63) is 28.7 Å². The maximum absolute atomic E-state index is 11.3. The lowest BCUT2D eigenvalue weighted by atomic mass is 10.2. The second-order valence-electron chi connectivity index (χ2n) is 3.90. The lowest BCUT2D eigenvalue weighted by Gasteiger charge is -2.05. The first-order valence-electron chi connectivity index (χ1n) is 6.07. The third-order valence-electron chi connectivity index (χ3n) is 2.49. The first-order chi connectivity index (χ1) is 7.84. The molecule has 0 radical (unpaired) electrons. The van der Waals surface area contributed by atoms with Crippen LogP contribution in [0.15, 0.2) is 23.1 Å². The van der Waals surface area contributed by atoms with E-state index in [-0.39, 0.29) is 5.56 Å². The molecule has 1 heterocycles. The summed E-state index contributed by atoms with van der Waals surface area (Å²) in [5, 5.41) is 7.31. The van der Waals surface area contributed by atoms with Crippen molar-refractivity contribution in [3.8, 4) is 0 Å². The molecule has 1 aromatic rings. The summed E-state index contributed by atoms with van der Waals surface area (Å²) in [6.07, 6.45) is 6.71. The van der Waals surface area contributed by atoms with Crippen molar-refractivity contribution >= 4 is 0 Å². The van der Waals surface area contributed by atoms with Gasteiger partial charge in [-0.25, -0.2) is 4.68 Å². The Morgan fingerprint density at radius 2 is 2.19 bits per heavy atom. The van der Waals surface area contributed by atoms with Gasteiger partial charge in [-0.15, -0.1) is 0 Å². The van der Waals surface area contributed by atoms with E-state index in [0.717, 1.165) is 13.1 Å². The Kier molecular flexibility index (Phi) is 6.49. The minimum atomic E-state index is -0.0321. The highest BCUT2D eigenvalue weighted by Crippen LogP contribution is 1.96. The van der Waals surface area contributed by atoms with Crippen LogP contribution in [-0.4, -0.2) is 22.9 Å². The largest absolute Gasteiger partial charge is 0.315 e. The summed E-state index contributed by atoms with van der Waals surface area (Å²) in [6, 6.07) is 3.20. The Morgan fingerprint density at radius 3 is 2.94 bits per heavy atom. The zero-order chi connectivity index (χ0) is 11.6. The number of rotatable bonds is 8. The maximum Gasteiger partial charge on any atom is 0.266 e. The average Bonchev–Trinajstić information content (AvgIpc) is 2.30. The first kappa shape index (κ1) is 12.9. The third-order valence-corrected chi connectivity index (χ3v) is 2.49. The number of hydrogen-bond acceptors (Lipinski definition) is 3. The maximum atomic E-state index is 11.3. The summed E-state index contributed by atoms with van der Waals surface area (Å²) in [6.45, 7) is 4.69. The van der Waals surface area contributed by atoms with E-state index in [0.29, 0.717) is 6.54 Å². The standard InChI is InChI=1S/C12H21N3O/c1-2-3-4-5-8-13-10-11-15-12(16)7-6-9-14-15/h6-7,9,13H,2-5,8,10-11H2,1H3. The normalized spacial score (nSPS) is 10.6. The Morgan fingerprint density at radius 1 is 1.31 bits per heavy atom. The van der Waals surface area contributed by atoms with Crippen LogP contribution in [0, 0.1) is 0 Å². The summed E-state index contributed by atoms with van der Waals surface area (Å²) in [4.78, 5) is 11.3. The smallest absolute Gasteiger partial charge is 0.266 e. The van der Waals surface area contributed by atoms with E-state index < -0.39 is 0 Å². The van der Waals surface area contributed by atoms with Gasteiger partial charge in [-0.3, -0.25) is 4.79 Å². The molecular weight excluding hydrogens is 202 g/mol. The quantitative estimate of drug-likeness (QED) is 0.678. The summed E-state index contributed by atoms with van der Waals surface area (Å²) in [5.41, 5.74) is -0.0321. The first-order valence-corrected chi connectivity index (χ1v) is 6.07. The van der Waals surface area contributed by atoms with E-state index in [1.54, 1.807) is 12.3 Å². The second-order valence-corrected chi connectivity index (χ2v) is 3.90. The van der Waals surface area contributed by atoms with Crippen molar-refractivity contribution in [2.45, 2.75) is 39.2 Å². The lowest BCUT2D eigenvalue weighted by Crippen LogP contribution is -2.28. The minimum absolute atomic E-state index is 0.0321. The van der Waals surface area contributed by atoms with Crippen LogP contribution in [0.1, 0.15) is 32.6 Å². The predicted molar refractivity (Wildman–Crippen MR) is 65.5 cm³/mol. The molecule has 4 nitrogen and oxygen atoms in total. The van der Waals surface area contributed by atoms with E-state index in [1.807, 2.05) is 0 Å². The molecule has 1 N–H and O–H groups in total. The lowest BCUT2D eigenvalue weighted by molar-refractivity contribution is 0.518. The van der Waals surface area contributed by atoms with Crippen LogP contribution in [0.5, 0.6) is 0 Å². The zero-order valence-electron chi connectivity index (χ0n) is 9.98. The van der Waals surface area contributed by atoms with Crippen molar-refractivity contribution in [1.29, 1.82) is 0 Å². The molecule has 1 rings (SSSR count). The molecule has 4 heteroatoms. The summed E-state index contributed by atoms with van der Waals surface area (Å²) >= 11 is 0. The molecular formula is C12H21N3O. The van der Waals surface area contributed by atoms with Gasteiger partial charge in [-0.05, 0) is 19.0 Å². The van der Waals surface area contributed by atoms with Crippen LogP contribution in [0.2, 0.25) is 0 Å². The van der Waals surface area contributed by atoms with Gasteiger partial charge in [0.05, 0.1) is 6.54 Å². The monoisotopic (exact) mass is 223 g/mol. The zero-order valence-corrected chi connectivity index (χ0v) is 9.98. The Hall–Kier alpha value is -1.16. The summed E-state index contributed by atoms with van der Waals surface area (Å²) in [5.74, 6) is 0. The molecule has 16 heavy (non-hydrogen) atoms. The number of aromatic nitrogens is 2. The molecule has 0 amide bonds. The van der Waals surface area contributed by atoms with Gasteiger partial charge in [0, 0.05) is 18.8 Å². The van der Waals surface area contributed by atoms with E-state index in [2.05, 4.69) is 17.3 Å². The van der Waals surface area contributed by atoms with Crippen LogP contribution >= 0.6 is 0 Å². The fraction of sp³-hybridized carbons (Fsp3) is 0.667. The van der Waals surface area contributed by atoms with Gasteiger partial charge in [0.1, 0.15) is 0 Å². The molecule has 0 aromatic carbocycles.